The highest BCUT2D eigenvalue weighted by Gasteiger charge is 2.27. The minimum Gasteiger partial charge on any atom is -0.480 e. The summed E-state index contributed by atoms with van der Waals surface area (Å²) in [5.41, 5.74) is 5.11. The molecule has 0 spiro atoms. The molecule has 284 valence electrons. The van der Waals surface area contributed by atoms with Crippen LogP contribution in [0.3, 0.4) is 0 Å². The lowest BCUT2D eigenvalue weighted by Gasteiger charge is -2.39. The molecule has 0 radical (unpaired) electrons. The Kier molecular flexibility index (Phi) is 17.0. The number of carbonyl (C=O) groups is 1. The van der Waals surface area contributed by atoms with Gasteiger partial charge in [-0.25, -0.2) is 4.79 Å². The molecular formula is C42H52Cl2N4O5. The Morgan fingerprint density at radius 2 is 0.925 bits per heavy atom. The summed E-state index contributed by atoms with van der Waals surface area (Å²) in [5.74, 6) is -0.923. The number of hydrogen-bond acceptors (Lipinski definition) is 8. The van der Waals surface area contributed by atoms with Gasteiger partial charge in [0.1, 0.15) is 6.61 Å². The van der Waals surface area contributed by atoms with Crippen LogP contribution >= 0.6 is 23.2 Å². The largest absolute Gasteiger partial charge is 0.480 e. The fourth-order valence-corrected chi connectivity index (χ4v) is 7.24. The van der Waals surface area contributed by atoms with Gasteiger partial charge >= 0.3 is 5.97 Å². The number of nitrogens with zero attached hydrogens (tertiary/aromatic N) is 4. The van der Waals surface area contributed by atoms with Crippen molar-refractivity contribution in [3.8, 4) is 0 Å². The average Bonchev–Trinajstić information content (AvgIpc) is 3.19. The molecule has 4 aromatic rings. The van der Waals surface area contributed by atoms with E-state index in [0.29, 0.717) is 19.8 Å². The standard InChI is InChI=1S/C21H25ClN2O3.C21H27ClN2O2/c22-19-8-6-18(7-9-19)21(17-4-2-1-3-5-17)24-12-10-23(11-13-24)14-15-27-16-20(25)26;22-20-8-6-19(7-9-20)21(18-4-2-1-3-5-18)24-12-10-23(11-13-24)14-16-26-17-15-25/h1-9,21H,10-16H2,(H,25,26);1-9,21,25H,10-17H2. The second kappa shape index (κ2) is 22.1. The third-order valence-electron chi connectivity index (χ3n) is 9.71. The molecule has 0 aromatic heterocycles. The third kappa shape index (κ3) is 13.2. The molecule has 2 atom stereocenters. The van der Waals surface area contributed by atoms with Crippen molar-refractivity contribution >= 4 is 29.2 Å². The van der Waals surface area contributed by atoms with Gasteiger partial charge in [-0.05, 0) is 46.5 Å². The van der Waals surface area contributed by atoms with Crippen LogP contribution in [0, 0.1) is 0 Å². The minimum absolute atomic E-state index is 0.0909. The van der Waals surface area contributed by atoms with Crippen LogP contribution in [0.25, 0.3) is 0 Å². The monoisotopic (exact) mass is 762 g/mol. The Hall–Kier alpha value is -3.35. The van der Waals surface area contributed by atoms with Crippen molar-refractivity contribution in [1.29, 1.82) is 0 Å². The summed E-state index contributed by atoms with van der Waals surface area (Å²) in [6.07, 6.45) is 0. The van der Waals surface area contributed by atoms with E-state index in [1.807, 2.05) is 30.3 Å². The Bertz CT molecular complexity index is 1600. The van der Waals surface area contributed by atoms with Crippen LogP contribution in [0.15, 0.2) is 109 Å². The number of aliphatic hydroxyl groups is 1. The van der Waals surface area contributed by atoms with Gasteiger partial charge in [0, 0.05) is 75.5 Å². The van der Waals surface area contributed by atoms with E-state index in [9.17, 15) is 4.79 Å². The molecule has 9 nitrogen and oxygen atoms in total. The summed E-state index contributed by atoms with van der Waals surface area (Å²) < 4.78 is 10.5. The number of hydrogen-bond donors (Lipinski definition) is 2. The van der Waals surface area contributed by atoms with Crippen LogP contribution in [0.2, 0.25) is 10.0 Å². The van der Waals surface area contributed by atoms with Gasteiger partial charge in [-0.2, -0.15) is 0 Å². The zero-order chi connectivity index (χ0) is 37.3. The van der Waals surface area contributed by atoms with E-state index in [-0.39, 0.29) is 25.3 Å². The van der Waals surface area contributed by atoms with Gasteiger partial charge in [0.2, 0.25) is 0 Å². The van der Waals surface area contributed by atoms with Crippen molar-refractivity contribution in [2.24, 2.45) is 0 Å². The fourth-order valence-electron chi connectivity index (χ4n) is 6.99. The van der Waals surface area contributed by atoms with E-state index in [1.54, 1.807) is 0 Å². The van der Waals surface area contributed by atoms with Gasteiger partial charge in [-0.1, -0.05) is 108 Å². The lowest BCUT2D eigenvalue weighted by atomic mass is 9.96. The molecule has 2 N–H and O–H groups in total. The first-order valence-corrected chi connectivity index (χ1v) is 19.2. The van der Waals surface area contributed by atoms with Gasteiger partial charge in [-0.15, -0.1) is 0 Å². The summed E-state index contributed by atoms with van der Waals surface area (Å²) in [6.45, 7) is 11.0. The minimum atomic E-state index is -0.923. The van der Waals surface area contributed by atoms with Gasteiger partial charge in [-0.3, -0.25) is 19.6 Å². The fraction of sp³-hybridized carbons (Fsp3) is 0.405. The molecule has 6 rings (SSSR count). The molecule has 2 fully saturated rings. The van der Waals surface area contributed by atoms with E-state index >= 15 is 0 Å². The molecule has 53 heavy (non-hydrogen) atoms. The number of ether oxygens (including phenoxy) is 2. The highest BCUT2D eigenvalue weighted by Crippen LogP contribution is 2.32. The average molecular weight is 764 g/mol. The highest BCUT2D eigenvalue weighted by atomic mass is 35.5. The predicted molar refractivity (Wildman–Crippen MR) is 212 cm³/mol. The maximum atomic E-state index is 10.5. The summed E-state index contributed by atoms with van der Waals surface area (Å²) in [5, 5.41) is 18.9. The maximum Gasteiger partial charge on any atom is 0.329 e. The molecule has 0 saturated carbocycles. The van der Waals surface area contributed by atoms with Crippen LogP contribution in [-0.2, 0) is 14.3 Å². The van der Waals surface area contributed by atoms with Crippen molar-refractivity contribution < 1.29 is 24.5 Å². The number of halogens is 2. The summed E-state index contributed by atoms with van der Waals surface area (Å²) in [4.78, 5) is 20.3. The second-order valence-corrected chi connectivity index (χ2v) is 14.1. The number of carboxylic acid groups (broad SMARTS) is 1. The lowest BCUT2D eigenvalue weighted by Crippen LogP contribution is -2.48. The SMILES string of the molecule is O=C(O)COCCN1CCN(C(c2ccccc2)c2ccc(Cl)cc2)CC1.OCCOCCN1CCN(C(c2ccccc2)c2ccc(Cl)cc2)CC1. The Labute approximate surface area is 324 Å². The van der Waals surface area contributed by atoms with Crippen LogP contribution < -0.4 is 0 Å². The molecule has 2 heterocycles. The van der Waals surface area contributed by atoms with E-state index in [2.05, 4.69) is 98.5 Å². The summed E-state index contributed by atoms with van der Waals surface area (Å²) >= 11 is 12.2. The first kappa shape index (κ1) is 40.8. The van der Waals surface area contributed by atoms with Crippen molar-refractivity contribution in [2.75, 3.05) is 98.5 Å². The lowest BCUT2D eigenvalue weighted by molar-refractivity contribution is -0.142. The molecule has 2 aliphatic heterocycles. The number of piperazine rings is 2. The maximum absolute atomic E-state index is 10.5. The van der Waals surface area contributed by atoms with Crippen LogP contribution in [0.1, 0.15) is 34.3 Å². The molecule has 0 bridgehead atoms. The van der Waals surface area contributed by atoms with Crippen LogP contribution in [0.5, 0.6) is 0 Å². The zero-order valence-electron chi connectivity index (χ0n) is 30.3. The highest BCUT2D eigenvalue weighted by molar-refractivity contribution is 6.30. The van der Waals surface area contributed by atoms with Crippen LogP contribution in [-0.4, -0.2) is 134 Å². The van der Waals surface area contributed by atoms with Crippen molar-refractivity contribution in [1.82, 2.24) is 19.6 Å². The summed E-state index contributed by atoms with van der Waals surface area (Å²) in [7, 11) is 0. The first-order valence-electron chi connectivity index (χ1n) is 18.4. The van der Waals surface area contributed by atoms with E-state index in [0.717, 1.165) is 75.5 Å². The normalized spacial score (nSPS) is 17.1. The van der Waals surface area contributed by atoms with E-state index < -0.39 is 5.97 Å². The smallest absolute Gasteiger partial charge is 0.329 e. The van der Waals surface area contributed by atoms with Crippen LogP contribution in [0.4, 0.5) is 0 Å². The molecular weight excluding hydrogens is 711 g/mol. The number of carboxylic acids is 1. The summed E-state index contributed by atoms with van der Waals surface area (Å²) in [6, 6.07) is 38.0. The van der Waals surface area contributed by atoms with Gasteiger partial charge in [0.15, 0.2) is 0 Å². The molecule has 0 aliphatic carbocycles. The van der Waals surface area contributed by atoms with E-state index in [4.69, 9.17) is 42.9 Å². The van der Waals surface area contributed by atoms with Gasteiger partial charge in [0.25, 0.3) is 0 Å². The van der Waals surface area contributed by atoms with Crippen molar-refractivity contribution in [2.45, 2.75) is 12.1 Å². The second-order valence-electron chi connectivity index (χ2n) is 13.3. The molecule has 0 amide bonds. The zero-order valence-corrected chi connectivity index (χ0v) is 31.8. The predicted octanol–water partition coefficient (Wildman–Crippen LogP) is 6.20. The quantitative estimate of drug-likeness (QED) is 0.130. The number of benzene rings is 4. The third-order valence-corrected chi connectivity index (χ3v) is 10.2. The molecule has 4 aromatic carbocycles. The number of aliphatic carboxylic acids is 1. The Balaban J connectivity index is 0.000000204. The van der Waals surface area contributed by atoms with E-state index in [1.165, 1.54) is 22.3 Å². The molecule has 2 saturated heterocycles. The topological polar surface area (TPSA) is 89.0 Å². The molecule has 2 aliphatic rings. The van der Waals surface area contributed by atoms with Gasteiger partial charge < -0.3 is 19.7 Å². The van der Waals surface area contributed by atoms with Crippen molar-refractivity contribution in [3.63, 3.8) is 0 Å². The molecule has 2 unspecified atom stereocenters. The first-order chi connectivity index (χ1) is 25.9. The molecule has 11 heteroatoms. The van der Waals surface area contributed by atoms with Gasteiger partial charge in [0.05, 0.1) is 38.5 Å². The Morgan fingerprint density at radius 1 is 0.547 bits per heavy atom. The van der Waals surface area contributed by atoms with Crippen molar-refractivity contribution in [3.05, 3.63) is 141 Å². The Morgan fingerprint density at radius 3 is 1.30 bits per heavy atom. The number of rotatable bonds is 16. The number of aliphatic hydroxyl groups excluding tert-OH is 1.